The number of rotatable bonds is 8. The first kappa shape index (κ1) is 24.3. The number of ether oxygens (including phenoxy) is 2. The second-order valence-electron chi connectivity index (χ2n) is 9.20. The molecule has 2 fully saturated rings. The smallest absolute Gasteiger partial charge is 0.400 e. The highest BCUT2D eigenvalue weighted by atomic mass is 19.3. The molecule has 2 nitrogen and oxygen atoms in total. The van der Waals surface area contributed by atoms with Gasteiger partial charge in [0.1, 0.15) is 5.75 Å². The minimum Gasteiger partial charge on any atom is -0.432 e. The Morgan fingerprint density at radius 1 is 1.00 bits per heavy atom. The molecule has 1 aliphatic heterocycles. The average molecular weight is 449 g/mol. The lowest BCUT2D eigenvalue weighted by Crippen LogP contribution is -2.40. The van der Waals surface area contributed by atoms with Crippen LogP contribution in [0.4, 0.5) is 22.0 Å². The second-order valence-corrected chi connectivity index (χ2v) is 9.20. The maximum atomic E-state index is 14.7. The van der Waals surface area contributed by atoms with Crippen molar-refractivity contribution in [1.82, 2.24) is 0 Å². The summed E-state index contributed by atoms with van der Waals surface area (Å²) in [7, 11) is 0. The van der Waals surface area contributed by atoms with E-state index in [0.29, 0.717) is 24.8 Å². The summed E-state index contributed by atoms with van der Waals surface area (Å²) in [6, 6.07) is 0.486. The van der Waals surface area contributed by atoms with Crippen molar-refractivity contribution in [2.75, 3.05) is 6.61 Å². The number of halogens is 5. The summed E-state index contributed by atoms with van der Waals surface area (Å²) in [6.07, 6.45) is 5.27. The van der Waals surface area contributed by atoms with E-state index in [2.05, 4.69) is 6.92 Å². The van der Waals surface area contributed by atoms with Crippen molar-refractivity contribution in [3.05, 3.63) is 29.1 Å². The Morgan fingerprint density at radius 2 is 1.71 bits per heavy atom. The summed E-state index contributed by atoms with van der Waals surface area (Å²) in [5.74, 6) is -5.58. The van der Waals surface area contributed by atoms with Crippen LogP contribution in [-0.4, -0.2) is 18.8 Å². The molecule has 31 heavy (non-hydrogen) atoms. The third-order valence-electron chi connectivity index (χ3n) is 7.00. The molecule has 0 spiro atoms. The highest BCUT2D eigenvalue weighted by Gasteiger charge is 2.45. The summed E-state index contributed by atoms with van der Waals surface area (Å²) in [5.41, 5.74) is -0.462. The van der Waals surface area contributed by atoms with Gasteiger partial charge in [0.2, 0.25) is 0 Å². The fraction of sp³-hybridized carbons (Fsp3) is 0.750. The fourth-order valence-electron chi connectivity index (χ4n) is 4.94. The molecule has 0 amide bonds. The van der Waals surface area contributed by atoms with Gasteiger partial charge in [-0.3, -0.25) is 0 Å². The molecule has 0 radical (unpaired) electrons. The molecule has 0 bridgehead atoms. The lowest BCUT2D eigenvalue weighted by atomic mass is 9.76. The van der Waals surface area contributed by atoms with Gasteiger partial charge in [0, 0.05) is 18.2 Å². The summed E-state index contributed by atoms with van der Waals surface area (Å²) < 4.78 is 80.7. The van der Waals surface area contributed by atoms with Gasteiger partial charge in [0.25, 0.3) is 0 Å². The van der Waals surface area contributed by atoms with Crippen molar-refractivity contribution in [1.29, 1.82) is 0 Å². The predicted octanol–water partition coefficient (Wildman–Crippen LogP) is 7.57. The van der Waals surface area contributed by atoms with E-state index in [1.165, 1.54) is 25.7 Å². The topological polar surface area (TPSA) is 18.5 Å². The van der Waals surface area contributed by atoms with Crippen LogP contribution in [-0.2, 0) is 4.74 Å². The van der Waals surface area contributed by atoms with Crippen LogP contribution in [0.25, 0.3) is 0 Å². The minimum absolute atomic E-state index is 0.125. The van der Waals surface area contributed by atoms with Crippen molar-refractivity contribution in [3.8, 4) is 5.75 Å². The van der Waals surface area contributed by atoms with Gasteiger partial charge in [0.15, 0.2) is 17.5 Å². The van der Waals surface area contributed by atoms with Gasteiger partial charge in [-0.15, -0.1) is 0 Å². The van der Waals surface area contributed by atoms with E-state index >= 15 is 0 Å². The quantitative estimate of drug-likeness (QED) is 0.232. The number of hydrogen-bond donors (Lipinski definition) is 0. The second kappa shape index (κ2) is 10.5. The Kier molecular flexibility index (Phi) is 8.22. The first-order valence-corrected chi connectivity index (χ1v) is 11.5. The molecule has 1 saturated carbocycles. The third kappa shape index (κ3) is 5.91. The maximum absolute atomic E-state index is 14.7. The van der Waals surface area contributed by atoms with E-state index < -0.39 is 40.8 Å². The number of unbranched alkanes of at least 4 members (excludes halogenated alkanes) is 2. The van der Waals surface area contributed by atoms with Crippen LogP contribution in [0.2, 0.25) is 0 Å². The summed E-state index contributed by atoms with van der Waals surface area (Å²) in [6.45, 7) is 4.04. The van der Waals surface area contributed by atoms with Gasteiger partial charge in [-0.2, -0.15) is 8.78 Å². The first-order chi connectivity index (χ1) is 14.7. The molecule has 2 aliphatic rings. The van der Waals surface area contributed by atoms with Crippen molar-refractivity contribution in [2.45, 2.75) is 90.3 Å². The molecule has 2 atom stereocenters. The molecule has 2 unspecified atom stereocenters. The summed E-state index contributed by atoms with van der Waals surface area (Å²) >= 11 is 0. The van der Waals surface area contributed by atoms with Gasteiger partial charge in [-0.25, -0.2) is 13.2 Å². The Morgan fingerprint density at radius 3 is 2.32 bits per heavy atom. The molecule has 1 aromatic rings. The van der Waals surface area contributed by atoms with E-state index in [-0.39, 0.29) is 24.9 Å². The zero-order chi connectivity index (χ0) is 22.6. The summed E-state index contributed by atoms with van der Waals surface area (Å²) in [4.78, 5) is 0. The number of alkyl halides is 2. The van der Waals surface area contributed by atoms with Gasteiger partial charge < -0.3 is 9.47 Å². The molecule has 0 N–H and O–H groups in total. The van der Waals surface area contributed by atoms with Crippen LogP contribution in [0.5, 0.6) is 5.75 Å². The minimum atomic E-state index is -3.58. The molecule has 1 heterocycles. The van der Waals surface area contributed by atoms with Gasteiger partial charge >= 0.3 is 6.11 Å². The highest BCUT2D eigenvalue weighted by molar-refractivity contribution is 5.35. The van der Waals surface area contributed by atoms with Crippen molar-refractivity contribution >= 4 is 0 Å². The molecule has 176 valence electrons. The SMILES string of the molecule is CCCCCC1CCC(C2CCC(C(F)(F)Oc3cc(F)c(F)c(F)c3C)CC2)OC1. The molecule has 1 saturated heterocycles. The van der Waals surface area contributed by atoms with Gasteiger partial charge in [0.05, 0.1) is 12.0 Å². The van der Waals surface area contributed by atoms with Crippen LogP contribution < -0.4 is 4.74 Å². The molecular weight excluding hydrogens is 415 g/mol. The predicted molar refractivity (Wildman–Crippen MR) is 109 cm³/mol. The van der Waals surface area contributed by atoms with Gasteiger partial charge in [-0.1, -0.05) is 26.2 Å². The fourth-order valence-corrected chi connectivity index (χ4v) is 4.94. The zero-order valence-corrected chi connectivity index (χ0v) is 18.4. The molecular formula is C24H33F5O2. The van der Waals surface area contributed by atoms with E-state index in [1.54, 1.807) is 0 Å². The van der Waals surface area contributed by atoms with Crippen LogP contribution in [0.3, 0.4) is 0 Å². The first-order valence-electron chi connectivity index (χ1n) is 11.5. The lowest BCUT2D eigenvalue weighted by molar-refractivity contribution is -0.226. The van der Waals surface area contributed by atoms with Crippen molar-refractivity contribution in [2.24, 2.45) is 17.8 Å². The molecule has 1 aromatic carbocycles. The Labute approximate surface area is 181 Å². The van der Waals surface area contributed by atoms with Crippen LogP contribution >= 0.6 is 0 Å². The number of hydrogen-bond acceptors (Lipinski definition) is 2. The third-order valence-corrected chi connectivity index (χ3v) is 7.00. The van der Waals surface area contributed by atoms with E-state index in [4.69, 9.17) is 9.47 Å². The number of benzene rings is 1. The lowest BCUT2D eigenvalue weighted by Gasteiger charge is -2.39. The molecule has 3 rings (SSSR count). The molecule has 7 heteroatoms. The van der Waals surface area contributed by atoms with Crippen LogP contribution in [0, 0.1) is 42.1 Å². The van der Waals surface area contributed by atoms with Crippen LogP contribution in [0.15, 0.2) is 6.07 Å². The van der Waals surface area contributed by atoms with E-state index in [0.717, 1.165) is 26.4 Å². The van der Waals surface area contributed by atoms with Crippen molar-refractivity contribution in [3.63, 3.8) is 0 Å². The normalized spacial score (nSPS) is 27.3. The Balaban J connectivity index is 1.50. The largest absolute Gasteiger partial charge is 0.432 e. The molecule has 1 aliphatic carbocycles. The van der Waals surface area contributed by atoms with E-state index in [9.17, 15) is 22.0 Å². The van der Waals surface area contributed by atoms with Crippen LogP contribution in [0.1, 0.15) is 76.7 Å². The average Bonchev–Trinajstić information content (AvgIpc) is 2.76. The van der Waals surface area contributed by atoms with Gasteiger partial charge in [-0.05, 0) is 63.7 Å². The monoisotopic (exact) mass is 448 g/mol. The Bertz CT molecular complexity index is 723. The maximum Gasteiger partial charge on any atom is 0.400 e. The highest BCUT2D eigenvalue weighted by Crippen LogP contribution is 2.43. The standard InChI is InChI=1S/C24H33F5O2/c1-3-4-5-6-16-7-12-20(30-14-16)17-8-10-18(11-9-17)24(28,29)31-21-13-19(25)23(27)22(26)15(21)2/h13,16-18,20H,3-12,14H2,1-2H3. The van der Waals surface area contributed by atoms with Crippen molar-refractivity contribution < 1.29 is 31.4 Å². The summed E-state index contributed by atoms with van der Waals surface area (Å²) in [5, 5.41) is 0. The molecule has 0 aromatic heterocycles. The Hall–Kier alpha value is -1.37. The van der Waals surface area contributed by atoms with E-state index in [1.807, 2.05) is 0 Å². The zero-order valence-electron chi connectivity index (χ0n) is 18.4.